The van der Waals surface area contributed by atoms with Crippen LogP contribution in [0, 0.1) is 18.2 Å². The second-order valence-electron chi connectivity index (χ2n) is 8.91. The van der Waals surface area contributed by atoms with Gasteiger partial charge in [-0.2, -0.15) is 0 Å². The Hall–Kier alpha value is -2.47. The molecule has 1 aliphatic rings. The topological polar surface area (TPSA) is 44.6 Å². The molecule has 1 aliphatic carbocycles. The van der Waals surface area contributed by atoms with E-state index in [9.17, 15) is 18.3 Å². The third-order valence-electron chi connectivity index (χ3n) is 6.33. The van der Waals surface area contributed by atoms with Crippen LogP contribution in [-0.4, -0.2) is 22.9 Å². The number of hydrogen-bond donors (Lipinski definition) is 2. The largest absolute Gasteiger partial charge is 0.495 e. The van der Waals surface area contributed by atoms with Gasteiger partial charge in [-0.15, -0.1) is 0 Å². The van der Waals surface area contributed by atoms with Gasteiger partial charge in [-0.05, 0) is 82.4 Å². The number of aryl methyl sites for hydroxylation is 1. The molecule has 1 unspecified atom stereocenters. The summed E-state index contributed by atoms with van der Waals surface area (Å²) >= 11 is 6.59. The number of alkyl halides is 2. The number of halogens is 4. The zero-order valence-corrected chi connectivity index (χ0v) is 21.0. The van der Waals surface area contributed by atoms with Gasteiger partial charge in [0.1, 0.15) is 12.0 Å². The van der Waals surface area contributed by atoms with Gasteiger partial charge < -0.3 is 10.4 Å². The van der Waals surface area contributed by atoms with Crippen molar-refractivity contribution in [3.63, 3.8) is 0 Å². The van der Waals surface area contributed by atoms with Gasteiger partial charge in [0.2, 0.25) is 0 Å². The molecule has 1 saturated carbocycles. The van der Waals surface area contributed by atoms with Crippen LogP contribution in [0.2, 0.25) is 0 Å². The van der Waals surface area contributed by atoms with E-state index >= 15 is 0 Å². The van der Waals surface area contributed by atoms with Crippen molar-refractivity contribution in [2.24, 2.45) is 10.4 Å². The van der Waals surface area contributed by atoms with Crippen LogP contribution in [0.4, 0.5) is 13.2 Å². The minimum Gasteiger partial charge on any atom is -0.495 e. The monoisotopic (exact) mass is 494 g/mol. The van der Waals surface area contributed by atoms with Crippen LogP contribution >= 0.6 is 11.6 Å². The van der Waals surface area contributed by atoms with Crippen LogP contribution < -0.4 is 5.32 Å². The molecule has 186 valence electrons. The molecular weight excluding hydrogens is 461 g/mol. The number of rotatable bonds is 11. The van der Waals surface area contributed by atoms with E-state index in [-0.39, 0.29) is 18.1 Å². The van der Waals surface area contributed by atoms with E-state index in [4.69, 9.17) is 11.6 Å². The maximum Gasteiger partial charge on any atom is 0.251 e. The van der Waals surface area contributed by atoms with Crippen LogP contribution in [0.5, 0.6) is 0 Å². The second kappa shape index (κ2) is 11.8. The van der Waals surface area contributed by atoms with E-state index in [1.807, 2.05) is 13.0 Å². The molecule has 2 N–H and O–H groups in total. The number of aliphatic hydroxyl groups is 1. The van der Waals surface area contributed by atoms with Crippen molar-refractivity contribution in [3.8, 4) is 0 Å². The van der Waals surface area contributed by atoms with Crippen molar-refractivity contribution >= 4 is 17.3 Å². The van der Waals surface area contributed by atoms with Gasteiger partial charge in [-0.1, -0.05) is 49.2 Å². The molecule has 1 fully saturated rings. The Balaban J connectivity index is 2.30. The molecule has 1 aromatic carbocycles. The van der Waals surface area contributed by atoms with Crippen molar-refractivity contribution < 1.29 is 18.3 Å². The molecule has 1 atom stereocenters. The lowest BCUT2D eigenvalue weighted by Crippen LogP contribution is -2.44. The van der Waals surface area contributed by atoms with Crippen molar-refractivity contribution in [3.05, 3.63) is 82.5 Å². The number of nitrogens with one attached hydrogen (secondary N) is 1. The second-order valence-corrected chi connectivity index (χ2v) is 9.32. The minimum absolute atomic E-state index is 0.278. The summed E-state index contributed by atoms with van der Waals surface area (Å²) in [6.45, 7) is 9.88. The Morgan fingerprint density at radius 2 is 2.06 bits per heavy atom. The quantitative estimate of drug-likeness (QED) is 0.185. The molecule has 7 heteroatoms. The molecule has 0 amide bonds. The highest BCUT2D eigenvalue weighted by atomic mass is 35.5. The van der Waals surface area contributed by atoms with Crippen molar-refractivity contribution in [2.45, 2.75) is 71.9 Å². The number of benzene rings is 1. The summed E-state index contributed by atoms with van der Waals surface area (Å²) in [7, 11) is 0. The first-order valence-corrected chi connectivity index (χ1v) is 11.8. The highest BCUT2D eigenvalue weighted by molar-refractivity contribution is 6.32. The number of hydrogen-bond acceptors (Lipinski definition) is 3. The summed E-state index contributed by atoms with van der Waals surface area (Å²) in [5.74, 6) is -3.31. The van der Waals surface area contributed by atoms with Crippen LogP contribution in [0.3, 0.4) is 0 Å². The number of allylic oxidation sites excluding steroid dienone is 4. The summed E-state index contributed by atoms with van der Waals surface area (Å²) in [5, 5.41) is 13.0. The Bertz CT molecular complexity index is 1000. The first kappa shape index (κ1) is 27.8. The van der Waals surface area contributed by atoms with Gasteiger partial charge in [0.15, 0.2) is 5.88 Å². The predicted molar refractivity (Wildman–Crippen MR) is 135 cm³/mol. The van der Waals surface area contributed by atoms with E-state index in [1.165, 1.54) is 6.07 Å². The number of nitrogens with zero attached hydrogens (tertiary/aromatic N) is 1. The molecule has 2 rings (SSSR count). The molecule has 0 radical (unpaired) electrons. The fourth-order valence-corrected chi connectivity index (χ4v) is 4.26. The van der Waals surface area contributed by atoms with Crippen LogP contribution in [0.15, 0.2) is 70.6 Å². The van der Waals surface area contributed by atoms with E-state index in [0.717, 1.165) is 18.9 Å². The third kappa shape index (κ3) is 7.02. The van der Waals surface area contributed by atoms with Crippen LogP contribution in [0.1, 0.15) is 64.0 Å². The van der Waals surface area contributed by atoms with E-state index in [2.05, 4.69) is 16.9 Å². The summed E-state index contributed by atoms with van der Waals surface area (Å²) in [5.41, 5.74) is 1.47. The number of aliphatic imine (C=N–C) groups is 1. The maximum atomic E-state index is 14.0. The number of aliphatic hydroxyl groups excluding tert-OH is 1. The smallest absolute Gasteiger partial charge is 0.251 e. The highest BCUT2D eigenvalue weighted by Crippen LogP contribution is 2.54. The first-order valence-electron chi connectivity index (χ1n) is 11.5. The van der Waals surface area contributed by atoms with Crippen molar-refractivity contribution in [1.29, 1.82) is 0 Å². The van der Waals surface area contributed by atoms with Crippen molar-refractivity contribution in [1.82, 2.24) is 5.32 Å². The van der Waals surface area contributed by atoms with Gasteiger partial charge in [-0.25, -0.2) is 13.2 Å². The molecule has 0 heterocycles. The summed E-state index contributed by atoms with van der Waals surface area (Å²) in [6.07, 6.45) is 8.95. The SMILES string of the molecule is C=C(O)NC(N=C(C)c1ccc(F)c(C)c1)C(=C/CC)/C(Cl)=C\C=C\CC1(C(C)(F)F)CCC1. The predicted octanol–water partition coefficient (Wildman–Crippen LogP) is 8.12. The minimum atomic E-state index is -2.72. The Labute approximate surface area is 205 Å². The molecule has 0 aliphatic heterocycles. The lowest BCUT2D eigenvalue weighted by atomic mass is 9.63. The highest BCUT2D eigenvalue weighted by Gasteiger charge is 2.52. The van der Waals surface area contributed by atoms with Crippen LogP contribution in [-0.2, 0) is 0 Å². The fourth-order valence-electron chi connectivity index (χ4n) is 4.00. The normalized spacial score (nSPS) is 18.1. The van der Waals surface area contributed by atoms with E-state index < -0.39 is 17.5 Å². The lowest BCUT2D eigenvalue weighted by Gasteiger charge is -2.45. The standard InChI is InChI=1S/C27H34ClF3N2O/c1-6-10-22(23(28)11-7-8-14-27(15-9-16-27)26(5,30)31)25(33-20(4)34)32-19(3)21-12-13-24(29)18(2)17-21/h7-8,10-13,17,25,33-34H,4,6,9,14-16H2,1-3,5H3/b8-7+,22-10+,23-11+,32-19?. The van der Waals surface area contributed by atoms with Gasteiger partial charge in [-0.3, -0.25) is 4.99 Å². The molecule has 0 aromatic heterocycles. The summed E-state index contributed by atoms with van der Waals surface area (Å²) in [6, 6.07) is 4.71. The Morgan fingerprint density at radius 1 is 1.38 bits per heavy atom. The van der Waals surface area contributed by atoms with Crippen molar-refractivity contribution in [2.75, 3.05) is 0 Å². The van der Waals surface area contributed by atoms with E-state index in [0.29, 0.717) is 41.1 Å². The zero-order valence-electron chi connectivity index (χ0n) is 20.3. The molecule has 3 nitrogen and oxygen atoms in total. The molecule has 34 heavy (non-hydrogen) atoms. The lowest BCUT2D eigenvalue weighted by molar-refractivity contribution is -0.146. The Kier molecular flexibility index (Phi) is 9.63. The fraction of sp³-hybridized carbons (Fsp3) is 0.444. The molecule has 0 spiro atoms. The average molecular weight is 495 g/mol. The molecular formula is C27H34ClF3N2O. The maximum absolute atomic E-state index is 14.0. The molecule has 0 saturated heterocycles. The van der Waals surface area contributed by atoms with Crippen LogP contribution in [0.25, 0.3) is 0 Å². The van der Waals surface area contributed by atoms with Gasteiger partial charge >= 0.3 is 0 Å². The Morgan fingerprint density at radius 3 is 2.56 bits per heavy atom. The van der Waals surface area contributed by atoms with Gasteiger partial charge in [0.25, 0.3) is 5.92 Å². The van der Waals surface area contributed by atoms with E-state index in [1.54, 1.807) is 44.2 Å². The zero-order chi connectivity index (χ0) is 25.5. The molecule has 0 bridgehead atoms. The average Bonchev–Trinajstić information content (AvgIpc) is 2.70. The van der Waals surface area contributed by atoms with Gasteiger partial charge in [0, 0.05) is 21.7 Å². The summed E-state index contributed by atoms with van der Waals surface area (Å²) in [4.78, 5) is 4.67. The van der Waals surface area contributed by atoms with Gasteiger partial charge in [0.05, 0.1) is 0 Å². The first-order chi connectivity index (χ1) is 15.9. The molecule has 1 aromatic rings. The summed E-state index contributed by atoms with van der Waals surface area (Å²) < 4.78 is 41.7. The third-order valence-corrected chi connectivity index (χ3v) is 6.67.